The molecule has 1 N–H and O–H groups in total. The number of aromatic nitrogens is 1. The number of urea groups is 1. The van der Waals surface area contributed by atoms with E-state index < -0.39 is 0 Å². The van der Waals surface area contributed by atoms with E-state index in [4.69, 9.17) is 23.2 Å². The van der Waals surface area contributed by atoms with E-state index in [2.05, 4.69) is 17.2 Å². The van der Waals surface area contributed by atoms with Crippen molar-refractivity contribution in [2.24, 2.45) is 5.92 Å². The minimum absolute atomic E-state index is 0.105. The van der Waals surface area contributed by atoms with E-state index in [9.17, 15) is 4.79 Å². The minimum Gasteiger partial charge on any atom is -0.324 e. The van der Waals surface area contributed by atoms with E-state index in [1.807, 2.05) is 4.90 Å². The van der Waals surface area contributed by atoms with Gasteiger partial charge in [-0.1, -0.05) is 30.1 Å². The van der Waals surface area contributed by atoms with E-state index in [0.29, 0.717) is 11.6 Å². The summed E-state index contributed by atoms with van der Waals surface area (Å²) in [4.78, 5) is 17.9. The van der Waals surface area contributed by atoms with Gasteiger partial charge in [-0.05, 0) is 37.3 Å². The minimum atomic E-state index is -0.105. The van der Waals surface area contributed by atoms with Gasteiger partial charge in [0, 0.05) is 18.8 Å². The van der Waals surface area contributed by atoms with Crippen LogP contribution in [0.3, 0.4) is 0 Å². The van der Waals surface area contributed by atoms with Crippen molar-refractivity contribution in [3.05, 3.63) is 22.4 Å². The largest absolute Gasteiger partial charge is 0.324 e. The van der Waals surface area contributed by atoms with Crippen LogP contribution in [0.2, 0.25) is 10.3 Å². The van der Waals surface area contributed by atoms with Crippen LogP contribution in [0.15, 0.2) is 12.1 Å². The van der Waals surface area contributed by atoms with Gasteiger partial charge in [0.15, 0.2) is 0 Å². The van der Waals surface area contributed by atoms with Crippen LogP contribution in [0.1, 0.15) is 26.2 Å². The average Bonchev–Trinajstić information content (AvgIpc) is 3.10. The molecule has 0 aromatic carbocycles. The van der Waals surface area contributed by atoms with Crippen molar-refractivity contribution >= 4 is 34.9 Å². The van der Waals surface area contributed by atoms with E-state index in [1.54, 1.807) is 12.1 Å². The zero-order valence-corrected chi connectivity index (χ0v) is 12.3. The van der Waals surface area contributed by atoms with Crippen LogP contribution in [0.5, 0.6) is 0 Å². The molecule has 1 saturated carbocycles. The van der Waals surface area contributed by atoms with Gasteiger partial charge in [-0.15, -0.1) is 0 Å². The fraction of sp³-hybridized carbons (Fsp3) is 0.538. The predicted molar refractivity (Wildman–Crippen MR) is 77.9 cm³/mol. The van der Waals surface area contributed by atoms with Crippen LogP contribution in [0.4, 0.5) is 10.5 Å². The van der Waals surface area contributed by atoms with Gasteiger partial charge in [-0.25, -0.2) is 9.78 Å². The third kappa shape index (κ3) is 4.55. The Bertz CT molecular complexity index is 443. The summed E-state index contributed by atoms with van der Waals surface area (Å²) in [5.74, 6) is 0.668. The number of pyridine rings is 1. The second-order valence-corrected chi connectivity index (χ2v) is 5.60. The lowest BCUT2D eigenvalue weighted by Crippen LogP contribution is -2.37. The second kappa shape index (κ2) is 6.44. The van der Waals surface area contributed by atoms with Gasteiger partial charge in [0.1, 0.15) is 10.3 Å². The van der Waals surface area contributed by atoms with Gasteiger partial charge in [0.05, 0.1) is 0 Å². The Morgan fingerprint density at radius 3 is 2.58 bits per heavy atom. The maximum atomic E-state index is 12.2. The number of carbonyl (C=O) groups is 1. The van der Waals surface area contributed by atoms with Crippen LogP contribution >= 0.6 is 23.2 Å². The number of nitrogens with zero attached hydrogens (tertiary/aromatic N) is 2. The molecule has 1 aromatic heterocycles. The molecule has 6 heteroatoms. The lowest BCUT2D eigenvalue weighted by molar-refractivity contribution is 0.209. The quantitative estimate of drug-likeness (QED) is 0.834. The van der Waals surface area contributed by atoms with Crippen molar-refractivity contribution in [2.75, 3.05) is 18.4 Å². The molecular formula is C13H17Cl2N3O. The molecule has 1 aromatic rings. The number of carbonyl (C=O) groups excluding carboxylic acids is 1. The molecule has 1 fully saturated rings. The molecule has 1 aliphatic carbocycles. The van der Waals surface area contributed by atoms with Crippen molar-refractivity contribution in [2.45, 2.75) is 26.2 Å². The molecule has 104 valence electrons. The van der Waals surface area contributed by atoms with Gasteiger partial charge in [-0.3, -0.25) is 0 Å². The molecule has 0 radical (unpaired) electrons. The van der Waals surface area contributed by atoms with E-state index in [0.717, 1.165) is 19.5 Å². The Hall–Kier alpha value is -1.00. The maximum Gasteiger partial charge on any atom is 0.321 e. The number of anilines is 1. The molecule has 0 saturated heterocycles. The highest BCUT2D eigenvalue weighted by molar-refractivity contribution is 6.32. The Labute approximate surface area is 123 Å². The Morgan fingerprint density at radius 2 is 2.05 bits per heavy atom. The fourth-order valence-corrected chi connectivity index (χ4v) is 2.36. The molecule has 2 amide bonds. The Kier molecular flexibility index (Phi) is 4.88. The molecule has 2 rings (SSSR count). The fourth-order valence-electron chi connectivity index (χ4n) is 1.90. The molecule has 19 heavy (non-hydrogen) atoms. The SMILES string of the molecule is CCCN(CC1CC1)C(=O)Nc1cc(Cl)nc(Cl)c1. The number of nitrogens with one attached hydrogen (secondary N) is 1. The summed E-state index contributed by atoms with van der Waals surface area (Å²) >= 11 is 11.6. The standard InChI is InChI=1S/C13H17Cl2N3O/c1-2-5-18(8-9-3-4-9)13(19)16-10-6-11(14)17-12(15)7-10/h6-7,9H,2-5,8H2,1H3,(H,16,17,19). The van der Waals surface area contributed by atoms with E-state index in [1.165, 1.54) is 12.8 Å². The second-order valence-electron chi connectivity index (χ2n) is 4.82. The highest BCUT2D eigenvalue weighted by atomic mass is 35.5. The number of rotatable bonds is 5. The molecule has 4 nitrogen and oxygen atoms in total. The predicted octanol–water partition coefficient (Wildman–Crippen LogP) is 4.04. The van der Waals surface area contributed by atoms with Gasteiger partial charge in [-0.2, -0.15) is 0 Å². The van der Waals surface area contributed by atoms with Crippen molar-refractivity contribution in [3.63, 3.8) is 0 Å². The van der Waals surface area contributed by atoms with Crippen LogP contribution in [0, 0.1) is 5.92 Å². The summed E-state index contributed by atoms with van der Waals surface area (Å²) in [5, 5.41) is 3.36. The van der Waals surface area contributed by atoms with Crippen molar-refractivity contribution < 1.29 is 4.79 Å². The van der Waals surface area contributed by atoms with Gasteiger partial charge in [0.25, 0.3) is 0 Å². The number of hydrogen-bond donors (Lipinski definition) is 1. The van der Waals surface area contributed by atoms with Crippen LogP contribution in [0.25, 0.3) is 0 Å². The summed E-state index contributed by atoms with van der Waals surface area (Å²) < 4.78 is 0. The number of halogens is 2. The maximum absolute atomic E-state index is 12.2. The average molecular weight is 302 g/mol. The first-order chi connectivity index (χ1) is 9.08. The summed E-state index contributed by atoms with van der Waals surface area (Å²) in [6.45, 7) is 3.65. The summed E-state index contributed by atoms with van der Waals surface area (Å²) in [5.41, 5.74) is 0.576. The lowest BCUT2D eigenvalue weighted by atomic mass is 10.3. The molecule has 0 atom stereocenters. The normalized spacial score (nSPS) is 14.3. The zero-order valence-electron chi connectivity index (χ0n) is 10.8. The first-order valence-electron chi connectivity index (χ1n) is 6.47. The Balaban J connectivity index is 2.00. The van der Waals surface area contributed by atoms with Crippen molar-refractivity contribution in [1.29, 1.82) is 0 Å². The third-order valence-corrected chi connectivity index (χ3v) is 3.36. The summed E-state index contributed by atoms with van der Waals surface area (Å²) in [6, 6.07) is 3.08. The first-order valence-corrected chi connectivity index (χ1v) is 7.23. The smallest absolute Gasteiger partial charge is 0.321 e. The molecule has 1 aliphatic rings. The van der Waals surface area contributed by atoms with Crippen LogP contribution in [-0.2, 0) is 0 Å². The molecule has 0 aliphatic heterocycles. The monoisotopic (exact) mass is 301 g/mol. The summed E-state index contributed by atoms with van der Waals surface area (Å²) in [7, 11) is 0. The highest BCUT2D eigenvalue weighted by Gasteiger charge is 2.26. The number of hydrogen-bond acceptors (Lipinski definition) is 2. The van der Waals surface area contributed by atoms with E-state index in [-0.39, 0.29) is 16.3 Å². The van der Waals surface area contributed by atoms with Crippen LogP contribution < -0.4 is 5.32 Å². The lowest BCUT2D eigenvalue weighted by Gasteiger charge is -2.22. The number of amides is 2. The first kappa shape index (κ1) is 14.4. The van der Waals surface area contributed by atoms with Crippen molar-refractivity contribution in [3.8, 4) is 0 Å². The third-order valence-electron chi connectivity index (χ3n) is 2.97. The molecule has 0 unspecified atom stereocenters. The van der Waals surface area contributed by atoms with Gasteiger partial charge >= 0.3 is 6.03 Å². The van der Waals surface area contributed by atoms with Gasteiger partial charge < -0.3 is 10.2 Å². The molecule has 0 spiro atoms. The zero-order chi connectivity index (χ0) is 13.8. The van der Waals surface area contributed by atoms with Crippen molar-refractivity contribution in [1.82, 2.24) is 9.88 Å². The molecular weight excluding hydrogens is 285 g/mol. The van der Waals surface area contributed by atoms with E-state index >= 15 is 0 Å². The Morgan fingerprint density at radius 1 is 1.42 bits per heavy atom. The topological polar surface area (TPSA) is 45.2 Å². The van der Waals surface area contributed by atoms with Crippen LogP contribution in [-0.4, -0.2) is 29.0 Å². The highest BCUT2D eigenvalue weighted by Crippen LogP contribution is 2.30. The van der Waals surface area contributed by atoms with Gasteiger partial charge in [0.2, 0.25) is 0 Å². The summed E-state index contributed by atoms with van der Waals surface area (Å²) in [6.07, 6.45) is 3.39. The molecule has 1 heterocycles. The molecule has 0 bridgehead atoms.